The molecule has 130 valence electrons. The molecule has 6 heteroatoms. The van der Waals surface area contributed by atoms with Gasteiger partial charge < -0.3 is 10.3 Å². The minimum absolute atomic E-state index is 0.0989. The molecule has 1 amide bonds. The fourth-order valence-corrected chi connectivity index (χ4v) is 3.15. The summed E-state index contributed by atoms with van der Waals surface area (Å²) < 4.78 is 13.0. The number of para-hydroxylation sites is 2. The SMILES string of the molecule is CSCC[C@@H](NC(=O)Cc1ccc(F)cc1)c1nc2ccccc2[nH]1. The standard InChI is InChI=1S/C19H20FN3OS/c1-25-11-10-17(19-22-15-4-2-3-5-16(15)23-19)21-18(24)12-13-6-8-14(20)9-7-13/h2-9,17H,10-12H2,1H3,(H,21,24)(H,22,23)/t17-/m1/s1. The van der Waals surface area contributed by atoms with E-state index in [-0.39, 0.29) is 24.2 Å². The van der Waals surface area contributed by atoms with Gasteiger partial charge >= 0.3 is 0 Å². The van der Waals surface area contributed by atoms with Crippen molar-refractivity contribution >= 4 is 28.7 Å². The number of amides is 1. The minimum atomic E-state index is -0.302. The van der Waals surface area contributed by atoms with Crippen LogP contribution in [-0.4, -0.2) is 27.9 Å². The number of halogens is 1. The number of carbonyl (C=O) groups is 1. The van der Waals surface area contributed by atoms with Crippen molar-refractivity contribution in [1.29, 1.82) is 0 Å². The van der Waals surface area contributed by atoms with E-state index in [2.05, 4.69) is 15.3 Å². The van der Waals surface area contributed by atoms with Crippen LogP contribution in [0.2, 0.25) is 0 Å². The van der Waals surface area contributed by atoms with Crippen molar-refractivity contribution in [3.8, 4) is 0 Å². The van der Waals surface area contributed by atoms with Gasteiger partial charge in [-0.15, -0.1) is 0 Å². The molecule has 0 aliphatic carbocycles. The number of nitrogens with one attached hydrogen (secondary N) is 2. The number of hydrogen-bond donors (Lipinski definition) is 2. The molecular formula is C19H20FN3OS. The molecular weight excluding hydrogens is 337 g/mol. The highest BCUT2D eigenvalue weighted by molar-refractivity contribution is 7.98. The van der Waals surface area contributed by atoms with E-state index < -0.39 is 0 Å². The lowest BCUT2D eigenvalue weighted by Gasteiger charge is -2.16. The molecule has 3 aromatic rings. The second kappa shape index (κ2) is 8.16. The van der Waals surface area contributed by atoms with Gasteiger partial charge in [-0.05, 0) is 48.3 Å². The van der Waals surface area contributed by atoms with E-state index in [1.165, 1.54) is 12.1 Å². The highest BCUT2D eigenvalue weighted by Crippen LogP contribution is 2.20. The summed E-state index contributed by atoms with van der Waals surface area (Å²) in [6, 6.07) is 13.6. The van der Waals surface area contributed by atoms with Crippen LogP contribution in [0.15, 0.2) is 48.5 Å². The maximum Gasteiger partial charge on any atom is 0.225 e. The Hall–Kier alpha value is -2.34. The summed E-state index contributed by atoms with van der Waals surface area (Å²) in [4.78, 5) is 20.3. The highest BCUT2D eigenvalue weighted by atomic mass is 32.2. The Labute approximate surface area is 150 Å². The second-order valence-electron chi connectivity index (χ2n) is 5.84. The van der Waals surface area contributed by atoms with Crippen LogP contribution in [0.3, 0.4) is 0 Å². The molecule has 1 aromatic heterocycles. The molecule has 0 aliphatic heterocycles. The molecule has 0 fully saturated rings. The molecule has 0 bridgehead atoms. The van der Waals surface area contributed by atoms with Gasteiger partial charge in [0.2, 0.25) is 5.91 Å². The largest absolute Gasteiger partial charge is 0.346 e. The maximum absolute atomic E-state index is 13.0. The van der Waals surface area contributed by atoms with Gasteiger partial charge in [-0.3, -0.25) is 4.79 Å². The lowest BCUT2D eigenvalue weighted by molar-refractivity contribution is -0.121. The summed E-state index contributed by atoms with van der Waals surface area (Å²) >= 11 is 1.73. The van der Waals surface area contributed by atoms with Crippen LogP contribution in [0.1, 0.15) is 23.9 Å². The molecule has 4 nitrogen and oxygen atoms in total. The number of carbonyl (C=O) groups excluding carboxylic acids is 1. The second-order valence-corrected chi connectivity index (χ2v) is 6.83. The molecule has 0 spiro atoms. The van der Waals surface area contributed by atoms with E-state index in [4.69, 9.17) is 0 Å². The number of aromatic nitrogens is 2. The lowest BCUT2D eigenvalue weighted by Crippen LogP contribution is -2.31. The zero-order chi connectivity index (χ0) is 17.6. The summed E-state index contributed by atoms with van der Waals surface area (Å²) in [5, 5.41) is 3.05. The summed E-state index contributed by atoms with van der Waals surface area (Å²) in [5.41, 5.74) is 2.63. The van der Waals surface area contributed by atoms with Gasteiger partial charge in [0.1, 0.15) is 11.6 Å². The van der Waals surface area contributed by atoms with E-state index in [9.17, 15) is 9.18 Å². The van der Waals surface area contributed by atoms with Gasteiger partial charge in [0.15, 0.2) is 0 Å². The summed E-state index contributed by atoms with van der Waals surface area (Å²) in [5.74, 6) is 1.28. The maximum atomic E-state index is 13.0. The monoisotopic (exact) mass is 357 g/mol. The van der Waals surface area contributed by atoms with Gasteiger partial charge in [-0.25, -0.2) is 9.37 Å². The van der Waals surface area contributed by atoms with Crippen molar-refractivity contribution in [1.82, 2.24) is 15.3 Å². The molecule has 0 aliphatic rings. The lowest BCUT2D eigenvalue weighted by atomic mass is 10.1. The van der Waals surface area contributed by atoms with Crippen molar-refractivity contribution < 1.29 is 9.18 Å². The van der Waals surface area contributed by atoms with Crippen LogP contribution in [0.25, 0.3) is 11.0 Å². The third-order valence-corrected chi connectivity index (χ3v) is 4.61. The van der Waals surface area contributed by atoms with E-state index in [1.54, 1.807) is 23.9 Å². The summed E-state index contributed by atoms with van der Waals surface area (Å²) in [7, 11) is 0. The third kappa shape index (κ3) is 4.60. The average molecular weight is 357 g/mol. The number of thioether (sulfide) groups is 1. The number of aromatic amines is 1. The summed E-state index contributed by atoms with van der Waals surface area (Å²) in [6.07, 6.45) is 3.04. The van der Waals surface area contributed by atoms with Crippen molar-refractivity contribution in [3.05, 3.63) is 65.7 Å². The first kappa shape index (κ1) is 17.5. The zero-order valence-electron chi connectivity index (χ0n) is 14.0. The van der Waals surface area contributed by atoms with Gasteiger partial charge in [-0.1, -0.05) is 24.3 Å². The van der Waals surface area contributed by atoms with Crippen LogP contribution < -0.4 is 5.32 Å². The Morgan fingerprint density at radius 3 is 2.72 bits per heavy atom. The molecule has 2 N–H and O–H groups in total. The van der Waals surface area contributed by atoms with Gasteiger partial charge in [0.25, 0.3) is 0 Å². The quantitative estimate of drug-likeness (QED) is 0.675. The van der Waals surface area contributed by atoms with Crippen LogP contribution in [-0.2, 0) is 11.2 Å². The fourth-order valence-electron chi connectivity index (χ4n) is 2.68. The van der Waals surface area contributed by atoms with Gasteiger partial charge in [-0.2, -0.15) is 11.8 Å². The van der Waals surface area contributed by atoms with Gasteiger partial charge in [0.05, 0.1) is 23.5 Å². The molecule has 0 saturated carbocycles. The van der Waals surface area contributed by atoms with Gasteiger partial charge in [0, 0.05) is 0 Å². The number of H-pyrrole nitrogens is 1. The first-order chi connectivity index (χ1) is 12.2. The molecule has 3 rings (SSSR count). The number of rotatable bonds is 7. The Morgan fingerprint density at radius 1 is 1.24 bits per heavy atom. The number of nitrogens with zero attached hydrogens (tertiary/aromatic N) is 1. The number of imidazole rings is 1. The van der Waals surface area contributed by atoms with E-state index in [0.29, 0.717) is 0 Å². The smallest absolute Gasteiger partial charge is 0.225 e. The Morgan fingerprint density at radius 2 is 2.00 bits per heavy atom. The molecule has 0 radical (unpaired) electrons. The average Bonchev–Trinajstić information content (AvgIpc) is 3.04. The number of fused-ring (bicyclic) bond motifs is 1. The number of hydrogen-bond acceptors (Lipinski definition) is 3. The molecule has 2 aromatic carbocycles. The molecule has 1 atom stereocenters. The predicted octanol–water partition coefficient (Wildman–Crippen LogP) is 3.86. The molecule has 0 saturated heterocycles. The highest BCUT2D eigenvalue weighted by Gasteiger charge is 2.18. The number of benzene rings is 2. The van der Waals surface area contributed by atoms with Crippen LogP contribution in [0.5, 0.6) is 0 Å². The first-order valence-corrected chi connectivity index (χ1v) is 9.52. The minimum Gasteiger partial charge on any atom is -0.346 e. The van der Waals surface area contributed by atoms with Crippen molar-refractivity contribution in [3.63, 3.8) is 0 Å². The Kier molecular flexibility index (Phi) is 5.71. The van der Waals surface area contributed by atoms with Crippen molar-refractivity contribution in [2.75, 3.05) is 12.0 Å². The molecule has 0 unspecified atom stereocenters. The van der Waals surface area contributed by atoms with Crippen LogP contribution in [0.4, 0.5) is 4.39 Å². The molecule has 25 heavy (non-hydrogen) atoms. The van der Waals surface area contributed by atoms with E-state index >= 15 is 0 Å². The predicted molar refractivity (Wildman–Crippen MR) is 100 cm³/mol. The Bertz CT molecular complexity index is 814. The third-order valence-electron chi connectivity index (χ3n) is 3.96. The Balaban J connectivity index is 1.73. The first-order valence-electron chi connectivity index (χ1n) is 8.13. The van der Waals surface area contributed by atoms with Crippen LogP contribution >= 0.6 is 11.8 Å². The van der Waals surface area contributed by atoms with E-state index in [1.807, 2.05) is 30.5 Å². The van der Waals surface area contributed by atoms with Crippen molar-refractivity contribution in [2.24, 2.45) is 0 Å². The topological polar surface area (TPSA) is 57.8 Å². The van der Waals surface area contributed by atoms with Crippen molar-refractivity contribution in [2.45, 2.75) is 18.9 Å². The summed E-state index contributed by atoms with van der Waals surface area (Å²) in [6.45, 7) is 0. The van der Waals surface area contributed by atoms with E-state index in [0.717, 1.165) is 34.6 Å². The normalized spacial score (nSPS) is 12.2. The zero-order valence-corrected chi connectivity index (χ0v) is 14.8. The van der Waals surface area contributed by atoms with Crippen LogP contribution in [0, 0.1) is 5.82 Å². The molecule has 1 heterocycles. The fraction of sp³-hybridized carbons (Fsp3) is 0.263.